The molecule has 0 aliphatic carbocycles. The molecule has 0 spiro atoms. The van der Waals surface area contributed by atoms with E-state index in [2.05, 4.69) is 148 Å². The number of halogens is 4. The Balaban J connectivity index is 0.000000157. The SMILES string of the molecule is CC(C)(C)OC(=O)CC1CCn2nc(Br)nc2C1.COC(=O)C1CCn2nc(Br)nc2C1.COC(=O)C1CCn2nc(N)nc2C1.COC(=O)c1ccn2nc(N)nc2c1.Cc1nc(-c2cnn(C)c2C(=O)CO)c(Br)s1.Cc1nsc(-c2cnn(C)c2C(=O)CO)n1.O=C(O)C1CCn2nc(Br)nc2C1. The Morgan fingerprint density at radius 2 is 1.09 bits per heavy atom. The molecule has 4 atom stereocenters. The monoisotopic (exact) mass is 1760 g/mol. The van der Waals surface area contributed by atoms with E-state index in [1.807, 2.05) is 37.1 Å². The molecule has 14 heterocycles. The van der Waals surface area contributed by atoms with E-state index in [-0.39, 0.29) is 59.1 Å². The van der Waals surface area contributed by atoms with Crippen LogP contribution in [0, 0.1) is 37.5 Å². The highest BCUT2D eigenvalue weighted by Crippen LogP contribution is 2.35. The van der Waals surface area contributed by atoms with Gasteiger partial charge < -0.3 is 45.7 Å². The second-order valence-electron chi connectivity index (χ2n) is 24.7. The van der Waals surface area contributed by atoms with E-state index in [9.17, 15) is 33.6 Å². The van der Waals surface area contributed by atoms with Gasteiger partial charge in [0.25, 0.3) is 0 Å². The molecular formula is C62H76Br4N24O14S2. The van der Waals surface area contributed by atoms with E-state index in [0.29, 0.717) is 116 Å². The van der Waals surface area contributed by atoms with Gasteiger partial charge >= 0.3 is 29.8 Å². The Bertz CT molecular complexity index is 4690. The highest BCUT2D eigenvalue weighted by Gasteiger charge is 2.31. The molecule has 0 bridgehead atoms. The minimum Gasteiger partial charge on any atom is -0.481 e. The summed E-state index contributed by atoms with van der Waals surface area (Å²) in [4.78, 5) is 108. The zero-order valence-electron chi connectivity index (χ0n) is 59.0. The van der Waals surface area contributed by atoms with Gasteiger partial charge in [-0.15, -0.1) is 36.8 Å². The van der Waals surface area contributed by atoms with Crippen LogP contribution in [-0.2, 0) is 104 Å². The van der Waals surface area contributed by atoms with Crippen molar-refractivity contribution >= 4 is 146 Å². The van der Waals surface area contributed by atoms with E-state index in [4.69, 9.17) is 36.3 Å². The highest BCUT2D eigenvalue weighted by molar-refractivity contribution is 9.11. The largest absolute Gasteiger partial charge is 0.481 e. The molecule has 38 nitrogen and oxygen atoms in total. The molecule has 0 saturated carbocycles. The average molecular weight is 1770 g/mol. The van der Waals surface area contributed by atoms with Crippen LogP contribution in [-0.4, -0.2) is 204 Å². The van der Waals surface area contributed by atoms with Crippen molar-refractivity contribution in [3.63, 3.8) is 0 Å². The van der Waals surface area contributed by atoms with Gasteiger partial charge in [0.05, 0.1) is 82.7 Å². The molecular weight excluding hydrogens is 1690 g/mol. The number of fused-ring (bicyclic) bond motifs is 5. The molecule has 0 radical (unpaired) electrons. The third-order valence-corrected chi connectivity index (χ3v) is 19.4. The van der Waals surface area contributed by atoms with Crippen LogP contribution in [0.25, 0.3) is 27.5 Å². The number of carbonyl (C=O) groups is 7. The summed E-state index contributed by atoms with van der Waals surface area (Å²) in [6, 6.07) is 3.15. The topological polar surface area (TPSA) is 496 Å². The number of thiazole rings is 1. The summed E-state index contributed by atoms with van der Waals surface area (Å²) >= 11 is 15.8. The standard InChI is InChI=1S/C12H18BrN3O2.C10H10BrN3O2S.C9H10N4O2S.C8H10BrN3O2.C8H12N4O2.C8H8N4O2.C7H8BrN3O2/c1-12(2,3)18-10(17)7-8-4-5-16-9(6-8)14-11(13)15-16;1-5-13-8(10(11)17-5)6-3-12-14(2)9(6)7(16)4-15;1-5-11-9(16-12-5)6-3-10-13(2)8(6)7(15)4-14;3*1-14-7(13)5-2-3-12-6(4-5)10-8(9)11-12;8-7-9-5-3-4(6(12)13)1-2-11(5)10-7/h8H,4-7H2,1-3H3;3,15H,4H2,1-2H3;3,14H,4H2,1-2H3;5H,2-4H2,1H3;5H,2-4H2,1H3,(H2,9,11);2-4H,1H3,(H2,9,11);4H,1-3H2,(H,12,13). The lowest BCUT2D eigenvalue weighted by Crippen LogP contribution is -2.28. The third kappa shape index (κ3) is 22.3. The van der Waals surface area contributed by atoms with Gasteiger partial charge in [0, 0.05) is 78.6 Å². The van der Waals surface area contributed by atoms with E-state index in [0.717, 1.165) is 70.9 Å². The first kappa shape index (κ1) is 82.6. The first-order chi connectivity index (χ1) is 50.3. The lowest BCUT2D eigenvalue weighted by molar-refractivity contribution is -0.156. The van der Waals surface area contributed by atoms with Crippen molar-refractivity contribution in [3.05, 3.63) is 99.8 Å². The van der Waals surface area contributed by atoms with Crippen molar-refractivity contribution in [1.82, 2.24) is 108 Å². The van der Waals surface area contributed by atoms with Crippen molar-refractivity contribution in [2.24, 2.45) is 37.8 Å². The number of methoxy groups -OCH3 is 3. The summed E-state index contributed by atoms with van der Waals surface area (Å²) in [5.74, 6) is 1.90. The summed E-state index contributed by atoms with van der Waals surface area (Å²) in [7, 11) is 7.46. The smallest absolute Gasteiger partial charge is 0.338 e. The number of carbonyl (C=O) groups excluding carboxylic acids is 6. The predicted octanol–water partition coefficient (Wildman–Crippen LogP) is 5.70. The second-order valence-corrected chi connectivity index (χ2v) is 30.1. The van der Waals surface area contributed by atoms with Crippen LogP contribution in [0.1, 0.15) is 118 Å². The molecule has 568 valence electrons. The number of aliphatic hydroxyl groups is 2. The number of hydrogen-bond acceptors (Lipinski definition) is 32. The number of pyridine rings is 1. The van der Waals surface area contributed by atoms with Gasteiger partial charge in [0.15, 0.2) is 5.65 Å². The molecule has 0 fully saturated rings. The number of nitrogen functional groups attached to an aromatic ring is 2. The molecule has 4 unspecified atom stereocenters. The molecule has 4 aliphatic heterocycles. The molecule has 0 saturated heterocycles. The lowest BCUT2D eigenvalue weighted by atomic mass is 9.94. The molecule has 7 N–H and O–H groups in total. The molecule has 106 heavy (non-hydrogen) atoms. The van der Waals surface area contributed by atoms with Gasteiger partial charge in [-0.2, -0.15) is 24.5 Å². The first-order valence-electron chi connectivity index (χ1n) is 32.3. The Morgan fingerprint density at radius 3 is 1.58 bits per heavy atom. The number of Topliss-reactive ketones (excluding diaryl/α,β-unsaturated/α-hetero) is 2. The summed E-state index contributed by atoms with van der Waals surface area (Å²) < 4.78 is 37.5. The number of carboxylic acids is 1. The number of esters is 4. The van der Waals surface area contributed by atoms with Gasteiger partial charge in [-0.25, -0.2) is 53.0 Å². The molecule has 14 rings (SSSR count). The highest BCUT2D eigenvalue weighted by atomic mass is 79.9. The van der Waals surface area contributed by atoms with Gasteiger partial charge in [0.2, 0.25) is 37.7 Å². The van der Waals surface area contributed by atoms with Crippen molar-refractivity contribution in [2.45, 2.75) is 124 Å². The summed E-state index contributed by atoms with van der Waals surface area (Å²) in [5.41, 5.74) is 14.1. The Hall–Kier alpha value is -9.08. The predicted molar refractivity (Wildman–Crippen MR) is 392 cm³/mol. The van der Waals surface area contributed by atoms with Crippen LogP contribution in [0.4, 0.5) is 11.9 Å². The Morgan fingerprint density at radius 1 is 0.613 bits per heavy atom. The number of carboxylic acid groups (broad SMARTS) is 1. The van der Waals surface area contributed by atoms with Gasteiger partial charge in [-0.1, -0.05) is 0 Å². The van der Waals surface area contributed by atoms with E-state index in [1.165, 1.54) is 58.1 Å². The number of ketones is 2. The third-order valence-electron chi connectivity index (χ3n) is 16.0. The second kappa shape index (κ2) is 37.4. The lowest BCUT2D eigenvalue weighted by Gasteiger charge is -2.24. The normalized spacial score (nSPS) is 16.0. The number of aliphatic carboxylic acids is 1. The van der Waals surface area contributed by atoms with E-state index in [1.54, 1.807) is 61.1 Å². The quantitative estimate of drug-likeness (QED) is 0.0556. The van der Waals surface area contributed by atoms with Crippen molar-refractivity contribution in [1.29, 1.82) is 0 Å². The number of ether oxygens (including phenoxy) is 4. The number of aryl methyl sites for hydroxylation is 8. The zero-order valence-corrected chi connectivity index (χ0v) is 66.9. The van der Waals surface area contributed by atoms with Crippen LogP contribution in [0.5, 0.6) is 0 Å². The number of anilines is 2. The first-order valence-corrected chi connectivity index (χ1v) is 37.1. The maximum absolute atomic E-state index is 11.8. The summed E-state index contributed by atoms with van der Waals surface area (Å²) in [5, 5.41) is 56.5. The minimum atomic E-state index is -0.745. The van der Waals surface area contributed by atoms with Crippen molar-refractivity contribution in [3.8, 4) is 21.8 Å². The van der Waals surface area contributed by atoms with Crippen LogP contribution in [0.2, 0.25) is 0 Å². The number of nitrogens with zero attached hydrogens (tertiary/aromatic N) is 22. The summed E-state index contributed by atoms with van der Waals surface area (Å²) in [6.45, 7) is 11.1. The van der Waals surface area contributed by atoms with Crippen LogP contribution in [0.15, 0.2) is 48.7 Å². The molecule has 4 aliphatic rings. The van der Waals surface area contributed by atoms with Crippen LogP contribution < -0.4 is 11.5 Å². The van der Waals surface area contributed by atoms with Gasteiger partial charge in [-0.05, 0) is 154 Å². The summed E-state index contributed by atoms with van der Waals surface area (Å²) in [6.07, 6.45) is 10.8. The van der Waals surface area contributed by atoms with Gasteiger partial charge in [0.1, 0.15) is 64.3 Å². The zero-order chi connectivity index (χ0) is 77.4. The molecule has 0 amide bonds. The fourth-order valence-corrected chi connectivity index (χ4v) is 14.6. The Kier molecular flexibility index (Phi) is 29.2. The van der Waals surface area contributed by atoms with Gasteiger partial charge in [-0.3, -0.25) is 38.1 Å². The molecule has 0 aromatic carbocycles. The average Bonchev–Trinajstić information content (AvgIpc) is 1.66. The number of rotatable bonds is 12. The van der Waals surface area contributed by atoms with E-state index < -0.39 is 30.8 Å². The number of aliphatic hydroxyl groups excluding tert-OH is 2. The molecule has 10 aromatic rings. The van der Waals surface area contributed by atoms with Crippen LogP contribution in [0.3, 0.4) is 0 Å². The fraction of sp³-hybridized carbons (Fsp3) is 0.484. The van der Waals surface area contributed by atoms with Crippen molar-refractivity contribution < 1.29 is 67.8 Å². The van der Waals surface area contributed by atoms with E-state index >= 15 is 0 Å². The maximum Gasteiger partial charge on any atom is 0.338 e. The molecule has 10 aromatic heterocycles. The number of nitrogens with two attached hydrogens (primary N) is 2. The maximum atomic E-state index is 11.8. The number of aromatic nitrogens is 22. The van der Waals surface area contributed by atoms with Crippen molar-refractivity contribution in [2.75, 3.05) is 46.0 Å². The Labute approximate surface area is 646 Å². The molecule has 44 heteroatoms. The fourth-order valence-electron chi connectivity index (χ4n) is 11.1. The number of hydrogen-bond donors (Lipinski definition) is 5. The van der Waals surface area contributed by atoms with Crippen LogP contribution >= 0.6 is 86.6 Å². The minimum absolute atomic E-state index is 0.0661.